The minimum atomic E-state index is -4.54. The number of pyridine rings is 2. The Kier molecular flexibility index (Phi) is 7.25. The van der Waals surface area contributed by atoms with Gasteiger partial charge in [0.05, 0.1) is 5.52 Å². The molecule has 6 nitrogen and oxygen atoms in total. The van der Waals surface area contributed by atoms with Crippen LogP contribution in [0.5, 0.6) is 5.75 Å². The first kappa shape index (κ1) is 25.0. The first-order chi connectivity index (χ1) is 17.9. The third-order valence-electron chi connectivity index (χ3n) is 6.41. The number of alkyl halides is 3. The van der Waals surface area contributed by atoms with E-state index >= 15 is 0 Å². The van der Waals surface area contributed by atoms with Gasteiger partial charge in [-0.1, -0.05) is 48.5 Å². The molecule has 0 amide bonds. The molecular weight excluding hydrogens is 481 g/mol. The number of aliphatic hydroxyl groups is 1. The standard InChI is InChI=1S/C28H27F3N4O2/c29-28(30,31)25-12-11-23-26(33-25)24(20-7-3-1-4-8-20)17-32-27(23)35-15-13-34(14-16-35)18-21(36)19-37-22-9-5-2-6-10-22/h1-12,17,21,36H,13-16,18-19H2. The van der Waals surface area contributed by atoms with Crippen LogP contribution in [0.2, 0.25) is 0 Å². The van der Waals surface area contributed by atoms with Gasteiger partial charge in [0.15, 0.2) is 0 Å². The Morgan fingerprint density at radius 1 is 0.892 bits per heavy atom. The highest BCUT2D eigenvalue weighted by molar-refractivity contribution is 5.99. The predicted octanol–water partition coefficient (Wildman–Crippen LogP) is 4.88. The fraction of sp³-hybridized carbons (Fsp3) is 0.286. The van der Waals surface area contributed by atoms with Crippen LogP contribution >= 0.6 is 0 Å². The Morgan fingerprint density at radius 2 is 1.57 bits per heavy atom. The molecule has 0 radical (unpaired) electrons. The molecule has 0 saturated carbocycles. The summed E-state index contributed by atoms with van der Waals surface area (Å²) in [4.78, 5) is 12.9. The molecule has 1 fully saturated rings. The minimum absolute atomic E-state index is 0.199. The number of nitrogens with zero attached hydrogens (tertiary/aromatic N) is 4. The van der Waals surface area contributed by atoms with Gasteiger partial charge in [0.2, 0.25) is 0 Å². The number of hydrogen-bond donors (Lipinski definition) is 1. The smallest absolute Gasteiger partial charge is 0.433 e. The fourth-order valence-electron chi connectivity index (χ4n) is 4.54. The predicted molar refractivity (Wildman–Crippen MR) is 137 cm³/mol. The number of anilines is 1. The summed E-state index contributed by atoms with van der Waals surface area (Å²) < 4.78 is 46.1. The lowest BCUT2D eigenvalue weighted by molar-refractivity contribution is -0.140. The van der Waals surface area contributed by atoms with E-state index in [4.69, 9.17) is 4.74 Å². The van der Waals surface area contributed by atoms with Crippen molar-refractivity contribution < 1.29 is 23.0 Å². The van der Waals surface area contributed by atoms with Gasteiger partial charge in [0.25, 0.3) is 0 Å². The summed E-state index contributed by atoms with van der Waals surface area (Å²) in [5.41, 5.74) is 0.674. The Balaban J connectivity index is 1.31. The number of β-amino-alcohol motifs (C(OH)–C–C–N with tert-alkyl or cyclic N) is 1. The maximum Gasteiger partial charge on any atom is 0.433 e. The number of benzene rings is 2. The zero-order chi connectivity index (χ0) is 25.8. The van der Waals surface area contributed by atoms with Crippen molar-refractivity contribution in [1.82, 2.24) is 14.9 Å². The van der Waals surface area contributed by atoms with Crippen LogP contribution in [-0.4, -0.2) is 65.4 Å². The largest absolute Gasteiger partial charge is 0.491 e. The summed E-state index contributed by atoms with van der Waals surface area (Å²) in [6, 6.07) is 21.0. The first-order valence-corrected chi connectivity index (χ1v) is 12.1. The van der Waals surface area contributed by atoms with Gasteiger partial charge in [-0.15, -0.1) is 0 Å². The second kappa shape index (κ2) is 10.7. The molecule has 37 heavy (non-hydrogen) atoms. The lowest BCUT2D eigenvalue weighted by Gasteiger charge is -2.36. The van der Waals surface area contributed by atoms with E-state index in [0.29, 0.717) is 55.2 Å². The van der Waals surface area contributed by atoms with Crippen LogP contribution < -0.4 is 9.64 Å². The fourth-order valence-corrected chi connectivity index (χ4v) is 4.54. The monoisotopic (exact) mass is 508 g/mol. The highest BCUT2D eigenvalue weighted by Crippen LogP contribution is 2.36. The van der Waals surface area contributed by atoms with E-state index in [1.165, 1.54) is 6.07 Å². The van der Waals surface area contributed by atoms with E-state index in [2.05, 4.69) is 19.8 Å². The van der Waals surface area contributed by atoms with Gasteiger partial charge in [-0.05, 0) is 29.8 Å². The molecule has 1 aliphatic heterocycles. The molecule has 4 aromatic rings. The Bertz CT molecular complexity index is 1330. The highest BCUT2D eigenvalue weighted by atomic mass is 19.4. The first-order valence-electron chi connectivity index (χ1n) is 12.1. The van der Waals surface area contributed by atoms with Crippen molar-refractivity contribution in [2.45, 2.75) is 12.3 Å². The Morgan fingerprint density at radius 3 is 2.24 bits per heavy atom. The van der Waals surface area contributed by atoms with Crippen LogP contribution in [0, 0.1) is 0 Å². The Labute approximate surface area is 213 Å². The molecule has 0 aliphatic carbocycles. The molecule has 1 N–H and O–H groups in total. The maximum atomic E-state index is 13.5. The number of aromatic nitrogens is 2. The number of para-hydroxylation sites is 1. The van der Waals surface area contributed by atoms with Crippen LogP contribution in [0.4, 0.5) is 19.0 Å². The molecule has 5 rings (SSSR count). The molecule has 1 unspecified atom stereocenters. The van der Waals surface area contributed by atoms with Gasteiger partial charge in [0.1, 0.15) is 30.0 Å². The third-order valence-corrected chi connectivity index (χ3v) is 6.41. The molecule has 3 heterocycles. The maximum absolute atomic E-state index is 13.5. The summed E-state index contributed by atoms with van der Waals surface area (Å²) in [6.45, 7) is 3.28. The van der Waals surface area contributed by atoms with Gasteiger partial charge in [-0.3, -0.25) is 4.90 Å². The molecular formula is C28H27F3N4O2. The number of piperazine rings is 1. The molecule has 2 aromatic heterocycles. The van der Waals surface area contributed by atoms with Crippen molar-refractivity contribution in [3.05, 3.63) is 84.7 Å². The average Bonchev–Trinajstić information content (AvgIpc) is 2.92. The summed E-state index contributed by atoms with van der Waals surface area (Å²) >= 11 is 0. The zero-order valence-corrected chi connectivity index (χ0v) is 20.1. The van der Waals surface area contributed by atoms with E-state index in [1.807, 2.05) is 60.7 Å². The molecule has 2 aromatic carbocycles. The number of hydrogen-bond acceptors (Lipinski definition) is 6. The van der Waals surface area contributed by atoms with Crippen molar-refractivity contribution >= 4 is 16.7 Å². The lowest BCUT2D eigenvalue weighted by Crippen LogP contribution is -2.49. The van der Waals surface area contributed by atoms with Crippen molar-refractivity contribution in [2.24, 2.45) is 0 Å². The SMILES string of the molecule is OC(COc1ccccc1)CN1CCN(c2ncc(-c3ccccc3)c3nc(C(F)(F)F)ccc23)CC1. The second-order valence-corrected chi connectivity index (χ2v) is 9.02. The van der Waals surface area contributed by atoms with Gasteiger partial charge in [-0.2, -0.15) is 13.2 Å². The average molecular weight is 509 g/mol. The molecule has 0 bridgehead atoms. The van der Waals surface area contributed by atoms with Crippen molar-refractivity contribution in [2.75, 3.05) is 44.2 Å². The quantitative estimate of drug-likeness (QED) is 0.384. The topological polar surface area (TPSA) is 61.7 Å². The van der Waals surface area contributed by atoms with Crippen LogP contribution in [0.15, 0.2) is 79.0 Å². The number of ether oxygens (including phenoxy) is 1. The summed E-state index contributed by atoms with van der Waals surface area (Å²) in [5, 5.41) is 11.0. The van der Waals surface area contributed by atoms with E-state index < -0.39 is 18.0 Å². The molecule has 192 valence electrons. The van der Waals surface area contributed by atoms with Gasteiger partial charge in [-0.25, -0.2) is 9.97 Å². The number of fused-ring (bicyclic) bond motifs is 1. The number of halogens is 3. The molecule has 0 spiro atoms. The van der Waals surface area contributed by atoms with Gasteiger partial charge < -0.3 is 14.7 Å². The van der Waals surface area contributed by atoms with E-state index in [9.17, 15) is 18.3 Å². The lowest BCUT2D eigenvalue weighted by atomic mass is 10.0. The van der Waals surface area contributed by atoms with Crippen molar-refractivity contribution in [3.8, 4) is 16.9 Å². The van der Waals surface area contributed by atoms with Crippen LogP contribution in [0.25, 0.3) is 22.0 Å². The summed E-state index contributed by atoms with van der Waals surface area (Å²) in [7, 11) is 0. The van der Waals surface area contributed by atoms with E-state index in [1.54, 1.807) is 6.20 Å². The minimum Gasteiger partial charge on any atom is -0.491 e. The third kappa shape index (κ3) is 5.84. The normalized spacial score (nSPS) is 15.6. The summed E-state index contributed by atoms with van der Waals surface area (Å²) in [6.07, 6.45) is -3.57. The van der Waals surface area contributed by atoms with Crippen LogP contribution in [0.3, 0.4) is 0 Å². The molecule has 1 atom stereocenters. The van der Waals surface area contributed by atoms with E-state index in [-0.39, 0.29) is 12.1 Å². The zero-order valence-electron chi connectivity index (χ0n) is 20.1. The number of rotatable bonds is 7. The van der Waals surface area contributed by atoms with Crippen LogP contribution in [-0.2, 0) is 6.18 Å². The summed E-state index contributed by atoms with van der Waals surface area (Å²) in [5.74, 6) is 1.33. The highest BCUT2D eigenvalue weighted by Gasteiger charge is 2.33. The van der Waals surface area contributed by atoms with E-state index in [0.717, 1.165) is 11.6 Å². The second-order valence-electron chi connectivity index (χ2n) is 9.02. The molecule has 1 saturated heterocycles. The van der Waals surface area contributed by atoms with Crippen molar-refractivity contribution in [3.63, 3.8) is 0 Å². The van der Waals surface area contributed by atoms with Crippen molar-refractivity contribution in [1.29, 1.82) is 0 Å². The van der Waals surface area contributed by atoms with Gasteiger partial charge in [0, 0.05) is 49.9 Å². The van der Waals surface area contributed by atoms with Gasteiger partial charge >= 0.3 is 6.18 Å². The van der Waals surface area contributed by atoms with Crippen LogP contribution in [0.1, 0.15) is 5.69 Å². The number of aliphatic hydroxyl groups excluding tert-OH is 1. The molecule has 9 heteroatoms. The molecule has 1 aliphatic rings. The Hall–Kier alpha value is -3.69.